The first-order valence-corrected chi connectivity index (χ1v) is 11.9. The van der Waals surface area contributed by atoms with E-state index < -0.39 is 26.8 Å². The zero-order valence-corrected chi connectivity index (χ0v) is 19.5. The minimum absolute atomic E-state index is 0. The van der Waals surface area contributed by atoms with Crippen molar-refractivity contribution in [3.8, 4) is 5.75 Å². The predicted molar refractivity (Wildman–Crippen MR) is 124 cm³/mol. The molecule has 1 aromatic carbocycles. The van der Waals surface area contributed by atoms with Gasteiger partial charge < -0.3 is 25.2 Å². The van der Waals surface area contributed by atoms with Gasteiger partial charge in [-0.1, -0.05) is 18.5 Å². The van der Waals surface area contributed by atoms with Crippen LogP contribution < -0.4 is 16.0 Å². The molecule has 1 aliphatic rings. The SMILES string of the molecule is CCCOC(=O)Oc1c[nH]c2c(=O)[nH]c3cc(Cl)c(S(=O)(=O)[C@H]4CCC(N)C4)cc3c12.Cl. The Kier molecular flexibility index (Phi) is 7.09. The first kappa shape index (κ1) is 24.4. The lowest BCUT2D eigenvalue weighted by atomic mass is 10.1. The van der Waals surface area contributed by atoms with Gasteiger partial charge >= 0.3 is 6.16 Å². The fourth-order valence-corrected chi connectivity index (χ4v) is 6.34. The van der Waals surface area contributed by atoms with Gasteiger partial charge in [-0.3, -0.25) is 4.79 Å². The van der Waals surface area contributed by atoms with Crippen LogP contribution in [0, 0.1) is 0 Å². The largest absolute Gasteiger partial charge is 0.513 e. The molecule has 2 aromatic heterocycles. The molecule has 2 heterocycles. The van der Waals surface area contributed by atoms with Crippen molar-refractivity contribution in [2.45, 2.75) is 48.8 Å². The van der Waals surface area contributed by atoms with Gasteiger partial charge in [0.25, 0.3) is 5.56 Å². The summed E-state index contributed by atoms with van der Waals surface area (Å²) in [5, 5.41) is 0.0212. The molecule has 1 fully saturated rings. The van der Waals surface area contributed by atoms with Crippen molar-refractivity contribution in [3.05, 3.63) is 33.7 Å². The smallest absolute Gasteiger partial charge is 0.434 e. The van der Waals surface area contributed by atoms with E-state index in [2.05, 4.69) is 9.97 Å². The number of hydrogen-bond acceptors (Lipinski definition) is 7. The number of pyridine rings is 1. The van der Waals surface area contributed by atoms with Crippen LogP contribution in [0.1, 0.15) is 32.6 Å². The zero-order valence-electron chi connectivity index (χ0n) is 17.1. The number of carbonyl (C=O) groups excluding carboxylic acids is 1. The second-order valence-corrected chi connectivity index (χ2v) is 10.2. The van der Waals surface area contributed by atoms with Crippen LogP contribution in [-0.4, -0.2) is 42.4 Å². The molecular weight excluding hydrogens is 481 g/mol. The number of aromatic amines is 2. The van der Waals surface area contributed by atoms with E-state index in [0.29, 0.717) is 36.6 Å². The van der Waals surface area contributed by atoms with Gasteiger partial charge in [0.1, 0.15) is 5.52 Å². The summed E-state index contributed by atoms with van der Waals surface area (Å²) in [6.07, 6.45) is 2.50. The van der Waals surface area contributed by atoms with Crippen LogP contribution in [0.2, 0.25) is 5.02 Å². The Morgan fingerprint density at radius 2 is 2.06 bits per heavy atom. The highest BCUT2D eigenvalue weighted by molar-refractivity contribution is 7.92. The highest BCUT2D eigenvalue weighted by atomic mass is 35.5. The van der Waals surface area contributed by atoms with E-state index in [9.17, 15) is 18.0 Å². The summed E-state index contributed by atoms with van der Waals surface area (Å²) in [5.41, 5.74) is 5.89. The van der Waals surface area contributed by atoms with Crippen LogP contribution in [0.15, 0.2) is 28.0 Å². The van der Waals surface area contributed by atoms with Crippen molar-refractivity contribution in [2.24, 2.45) is 5.73 Å². The molecule has 0 radical (unpaired) electrons. The lowest BCUT2D eigenvalue weighted by Gasteiger charge is -2.14. The fraction of sp³-hybridized carbons (Fsp3) is 0.400. The molecule has 3 aromatic rings. The Hall–Kier alpha value is -2.27. The van der Waals surface area contributed by atoms with E-state index in [0.717, 1.165) is 0 Å². The van der Waals surface area contributed by atoms with Gasteiger partial charge in [0.2, 0.25) is 0 Å². The van der Waals surface area contributed by atoms with Gasteiger partial charge in [-0.2, -0.15) is 0 Å². The Labute approximate surface area is 194 Å². The van der Waals surface area contributed by atoms with Gasteiger partial charge in [0.05, 0.1) is 32.7 Å². The Balaban J connectivity index is 0.00000289. The van der Waals surface area contributed by atoms with Crippen molar-refractivity contribution in [1.82, 2.24) is 9.97 Å². The lowest BCUT2D eigenvalue weighted by molar-refractivity contribution is 0.0997. The predicted octanol–water partition coefficient (Wildman–Crippen LogP) is 3.66. The van der Waals surface area contributed by atoms with Gasteiger partial charge in [-0.15, -0.1) is 12.4 Å². The number of ether oxygens (including phenoxy) is 2. The highest BCUT2D eigenvalue weighted by Gasteiger charge is 2.35. The van der Waals surface area contributed by atoms with Crippen molar-refractivity contribution >= 4 is 61.8 Å². The van der Waals surface area contributed by atoms with Gasteiger partial charge in [0.15, 0.2) is 15.6 Å². The summed E-state index contributed by atoms with van der Waals surface area (Å²) >= 11 is 6.32. The molecule has 4 rings (SSSR count). The van der Waals surface area contributed by atoms with Crippen LogP contribution in [0.3, 0.4) is 0 Å². The number of halogens is 2. The molecule has 2 atom stereocenters. The van der Waals surface area contributed by atoms with E-state index >= 15 is 0 Å². The molecule has 174 valence electrons. The van der Waals surface area contributed by atoms with Crippen LogP contribution in [0.25, 0.3) is 21.8 Å². The standard InChI is InChI=1S/C20H22ClN3O6S.ClH/c1-2-5-29-20(26)30-15-9-23-18-17(15)12-7-16(13(21)8-14(12)24-19(18)25)31(27,28)11-4-3-10(22)6-11;/h7-11,23H,2-6,22H2,1H3,(H,24,25);1H/t10?,11-;/m0./s1. The molecule has 32 heavy (non-hydrogen) atoms. The highest BCUT2D eigenvalue weighted by Crippen LogP contribution is 2.38. The number of benzene rings is 1. The average molecular weight is 504 g/mol. The van der Waals surface area contributed by atoms with Crippen LogP contribution in [0.5, 0.6) is 5.75 Å². The Morgan fingerprint density at radius 1 is 1.31 bits per heavy atom. The van der Waals surface area contributed by atoms with Crippen LogP contribution in [-0.2, 0) is 14.6 Å². The molecule has 12 heteroatoms. The van der Waals surface area contributed by atoms with Crippen LogP contribution >= 0.6 is 24.0 Å². The number of aromatic nitrogens is 2. The fourth-order valence-electron chi connectivity index (χ4n) is 3.94. The maximum absolute atomic E-state index is 13.2. The van der Waals surface area contributed by atoms with E-state index in [-0.39, 0.29) is 51.6 Å². The lowest BCUT2D eigenvalue weighted by Crippen LogP contribution is -2.22. The summed E-state index contributed by atoms with van der Waals surface area (Å²) in [4.78, 5) is 29.8. The van der Waals surface area contributed by atoms with Crippen molar-refractivity contribution in [2.75, 3.05) is 6.61 Å². The summed E-state index contributed by atoms with van der Waals surface area (Å²) in [6, 6.07) is 2.64. The minimum Gasteiger partial charge on any atom is -0.434 e. The summed E-state index contributed by atoms with van der Waals surface area (Å²) < 4.78 is 36.7. The number of carbonyl (C=O) groups is 1. The molecule has 0 bridgehead atoms. The summed E-state index contributed by atoms with van der Waals surface area (Å²) in [5.74, 6) is 0.0563. The number of nitrogens with two attached hydrogens (primary N) is 1. The third-order valence-electron chi connectivity index (χ3n) is 5.45. The molecular formula is C20H23Cl2N3O6S. The van der Waals surface area contributed by atoms with Gasteiger partial charge in [0, 0.05) is 17.6 Å². The monoisotopic (exact) mass is 503 g/mol. The summed E-state index contributed by atoms with van der Waals surface area (Å²) in [7, 11) is -3.75. The number of sulfone groups is 1. The molecule has 0 saturated heterocycles. The third kappa shape index (κ3) is 4.32. The minimum atomic E-state index is -3.75. The van der Waals surface area contributed by atoms with Crippen molar-refractivity contribution in [3.63, 3.8) is 0 Å². The Morgan fingerprint density at radius 3 is 2.72 bits per heavy atom. The van der Waals surface area contributed by atoms with Gasteiger partial charge in [-0.25, -0.2) is 13.2 Å². The van der Waals surface area contributed by atoms with Crippen molar-refractivity contribution < 1.29 is 22.7 Å². The van der Waals surface area contributed by atoms with Gasteiger partial charge in [-0.05, 0) is 37.8 Å². The zero-order chi connectivity index (χ0) is 22.3. The first-order chi connectivity index (χ1) is 14.7. The van der Waals surface area contributed by atoms with E-state index in [1.54, 1.807) is 0 Å². The molecule has 1 aliphatic carbocycles. The van der Waals surface area contributed by atoms with E-state index in [1.807, 2.05) is 6.92 Å². The maximum atomic E-state index is 13.2. The summed E-state index contributed by atoms with van der Waals surface area (Å²) in [6.45, 7) is 2.03. The first-order valence-electron chi connectivity index (χ1n) is 9.93. The molecule has 4 N–H and O–H groups in total. The molecule has 1 unspecified atom stereocenters. The molecule has 0 amide bonds. The number of fused-ring (bicyclic) bond motifs is 3. The maximum Gasteiger partial charge on any atom is 0.513 e. The molecule has 9 nitrogen and oxygen atoms in total. The molecule has 0 spiro atoms. The third-order valence-corrected chi connectivity index (χ3v) is 8.13. The van der Waals surface area contributed by atoms with Crippen LogP contribution in [0.4, 0.5) is 4.79 Å². The topological polar surface area (TPSA) is 144 Å². The Bertz CT molecular complexity index is 1330. The average Bonchev–Trinajstić information content (AvgIpc) is 3.33. The molecule has 0 aliphatic heterocycles. The quantitative estimate of drug-likeness (QED) is 0.450. The number of H-pyrrole nitrogens is 2. The number of rotatable bonds is 5. The van der Waals surface area contributed by atoms with E-state index in [1.165, 1.54) is 18.3 Å². The second kappa shape index (κ2) is 9.30. The number of nitrogens with one attached hydrogen (secondary N) is 2. The van der Waals surface area contributed by atoms with E-state index in [4.69, 9.17) is 26.8 Å². The second-order valence-electron chi connectivity index (χ2n) is 7.63. The normalized spacial score (nSPS) is 18.6. The number of hydrogen-bond donors (Lipinski definition) is 3. The van der Waals surface area contributed by atoms with Crippen molar-refractivity contribution in [1.29, 1.82) is 0 Å². The molecule has 1 saturated carbocycles.